The van der Waals surface area contributed by atoms with Crippen LogP contribution in [-0.4, -0.2) is 42.8 Å². The second-order valence-corrected chi connectivity index (χ2v) is 6.02. The van der Waals surface area contributed by atoms with Gasteiger partial charge in [0.05, 0.1) is 10.6 Å². The van der Waals surface area contributed by atoms with Crippen LogP contribution in [-0.2, 0) is 4.74 Å². The van der Waals surface area contributed by atoms with E-state index >= 15 is 0 Å². The van der Waals surface area contributed by atoms with Crippen LogP contribution in [0.25, 0.3) is 0 Å². The van der Waals surface area contributed by atoms with Gasteiger partial charge in [-0.05, 0) is 35.2 Å². The maximum Gasteiger partial charge on any atom is 0.227 e. The Balaban J connectivity index is 1.75. The lowest BCUT2D eigenvalue weighted by Crippen LogP contribution is -2.46. The summed E-state index contributed by atoms with van der Waals surface area (Å²) in [7, 11) is 1.87. The molecule has 2 unspecified atom stereocenters. The molecule has 1 N–H and O–H groups in total. The third-order valence-corrected chi connectivity index (χ3v) is 4.55. The molecule has 0 spiro atoms. The zero-order chi connectivity index (χ0) is 13.2. The summed E-state index contributed by atoms with van der Waals surface area (Å²) >= 11 is 3.44. The SMILES string of the molecule is CNc1nc(N2CCC3OCCCC3C2)ncc1Br. The molecular formula is C13H19BrN4O. The molecule has 2 saturated heterocycles. The molecule has 1 aromatic rings. The molecule has 104 valence electrons. The van der Waals surface area contributed by atoms with E-state index in [-0.39, 0.29) is 0 Å². The number of halogens is 1. The average Bonchev–Trinajstić information content (AvgIpc) is 2.47. The van der Waals surface area contributed by atoms with Gasteiger partial charge in [0, 0.05) is 38.9 Å². The molecule has 2 aliphatic rings. The molecule has 0 radical (unpaired) electrons. The molecule has 1 aromatic heterocycles. The lowest BCUT2D eigenvalue weighted by atomic mass is 9.89. The van der Waals surface area contributed by atoms with Crippen LogP contribution in [0.15, 0.2) is 10.7 Å². The molecule has 0 aromatic carbocycles. The fraction of sp³-hybridized carbons (Fsp3) is 0.692. The van der Waals surface area contributed by atoms with Crippen molar-refractivity contribution in [1.29, 1.82) is 0 Å². The van der Waals surface area contributed by atoms with Crippen molar-refractivity contribution < 1.29 is 4.74 Å². The number of nitrogens with one attached hydrogen (secondary N) is 1. The van der Waals surface area contributed by atoms with Gasteiger partial charge in [-0.3, -0.25) is 0 Å². The number of ether oxygens (including phenoxy) is 1. The smallest absolute Gasteiger partial charge is 0.227 e. The zero-order valence-corrected chi connectivity index (χ0v) is 12.7. The van der Waals surface area contributed by atoms with Gasteiger partial charge < -0.3 is 15.0 Å². The Bertz CT molecular complexity index is 456. The van der Waals surface area contributed by atoms with Crippen LogP contribution in [0.4, 0.5) is 11.8 Å². The second-order valence-electron chi connectivity index (χ2n) is 5.16. The summed E-state index contributed by atoms with van der Waals surface area (Å²) < 4.78 is 6.74. The fourth-order valence-electron chi connectivity index (χ4n) is 2.95. The van der Waals surface area contributed by atoms with E-state index in [0.29, 0.717) is 12.0 Å². The minimum Gasteiger partial charge on any atom is -0.378 e. The van der Waals surface area contributed by atoms with Crippen LogP contribution >= 0.6 is 15.9 Å². The Hall–Kier alpha value is -0.880. The molecule has 0 amide bonds. The van der Waals surface area contributed by atoms with Crippen molar-refractivity contribution in [1.82, 2.24) is 9.97 Å². The Labute approximate surface area is 121 Å². The predicted molar refractivity (Wildman–Crippen MR) is 78.6 cm³/mol. The van der Waals surface area contributed by atoms with Crippen molar-refractivity contribution >= 4 is 27.7 Å². The molecule has 19 heavy (non-hydrogen) atoms. The maximum absolute atomic E-state index is 5.84. The molecule has 3 heterocycles. The van der Waals surface area contributed by atoms with Gasteiger partial charge in [-0.2, -0.15) is 4.98 Å². The number of nitrogens with zero attached hydrogens (tertiary/aromatic N) is 3. The summed E-state index contributed by atoms with van der Waals surface area (Å²) in [6.07, 6.45) is 5.79. The molecule has 6 heteroatoms. The largest absolute Gasteiger partial charge is 0.378 e. The number of fused-ring (bicyclic) bond motifs is 1. The van der Waals surface area contributed by atoms with Crippen LogP contribution in [0.5, 0.6) is 0 Å². The summed E-state index contributed by atoms with van der Waals surface area (Å²) in [6.45, 7) is 2.92. The minimum absolute atomic E-state index is 0.448. The van der Waals surface area contributed by atoms with E-state index in [1.54, 1.807) is 0 Å². The second kappa shape index (κ2) is 5.63. The monoisotopic (exact) mass is 326 g/mol. The van der Waals surface area contributed by atoms with Crippen LogP contribution in [0.3, 0.4) is 0 Å². The topological polar surface area (TPSA) is 50.3 Å². The van der Waals surface area contributed by atoms with E-state index in [2.05, 4.69) is 36.1 Å². The zero-order valence-electron chi connectivity index (χ0n) is 11.1. The van der Waals surface area contributed by atoms with Crippen molar-refractivity contribution in [3.05, 3.63) is 10.7 Å². The van der Waals surface area contributed by atoms with Gasteiger partial charge in [0.1, 0.15) is 5.82 Å². The lowest BCUT2D eigenvalue weighted by molar-refractivity contribution is -0.0359. The first kappa shape index (κ1) is 13.1. The Morgan fingerprint density at radius 1 is 1.47 bits per heavy atom. The molecule has 2 fully saturated rings. The standard InChI is InChI=1S/C13H19BrN4O/c1-15-12-10(14)7-16-13(17-12)18-5-4-11-9(8-18)3-2-6-19-11/h7,9,11H,2-6,8H2,1H3,(H,15,16,17). The first-order valence-corrected chi connectivity index (χ1v) is 7.64. The number of anilines is 2. The molecule has 2 aliphatic heterocycles. The first-order valence-electron chi connectivity index (χ1n) is 6.85. The fourth-order valence-corrected chi connectivity index (χ4v) is 3.34. The highest BCUT2D eigenvalue weighted by atomic mass is 79.9. The number of rotatable bonds is 2. The third-order valence-electron chi connectivity index (χ3n) is 3.97. The van der Waals surface area contributed by atoms with E-state index in [1.807, 2.05) is 13.2 Å². The Morgan fingerprint density at radius 3 is 3.21 bits per heavy atom. The van der Waals surface area contributed by atoms with Crippen molar-refractivity contribution in [2.75, 3.05) is 37.0 Å². The van der Waals surface area contributed by atoms with Gasteiger partial charge in [-0.25, -0.2) is 4.98 Å². The van der Waals surface area contributed by atoms with Crippen molar-refractivity contribution in [3.8, 4) is 0 Å². The van der Waals surface area contributed by atoms with E-state index < -0.39 is 0 Å². The van der Waals surface area contributed by atoms with Gasteiger partial charge in [0.15, 0.2) is 0 Å². The normalized spacial score (nSPS) is 26.9. The van der Waals surface area contributed by atoms with Crippen LogP contribution in [0, 0.1) is 5.92 Å². The molecule has 0 aliphatic carbocycles. The number of aromatic nitrogens is 2. The molecule has 2 atom stereocenters. The Morgan fingerprint density at radius 2 is 2.37 bits per heavy atom. The van der Waals surface area contributed by atoms with Crippen molar-refractivity contribution in [2.45, 2.75) is 25.4 Å². The maximum atomic E-state index is 5.84. The van der Waals surface area contributed by atoms with Gasteiger partial charge >= 0.3 is 0 Å². The van der Waals surface area contributed by atoms with Crippen molar-refractivity contribution in [2.24, 2.45) is 5.92 Å². The first-order chi connectivity index (χ1) is 9.28. The summed E-state index contributed by atoms with van der Waals surface area (Å²) in [4.78, 5) is 11.3. The van der Waals surface area contributed by atoms with E-state index in [4.69, 9.17) is 4.74 Å². The van der Waals surface area contributed by atoms with E-state index in [0.717, 1.165) is 42.4 Å². The number of piperidine rings is 1. The summed E-state index contributed by atoms with van der Waals surface area (Å²) in [6, 6.07) is 0. The molecule has 0 bridgehead atoms. The van der Waals surface area contributed by atoms with Gasteiger partial charge in [-0.1, -0.05) is 0 Å². The molecule has 5 nitrogen and oxygen atoms in total. The quantitative estimate of drug-likeness (QED) is 0.903. The highest BCUT2D eigenvalue weighted by Gasteiger charge is 2.33. The molecule has 3 rings (SSSR count). The minimum atomic E-state index is 0.448. The van der Waals surface area contributed by atoms with E-state index in [9.17, 15) is 0 Å². The summed E-state index contributed by atoms with van der Waals surface area (Å²) in [5, 5.41) is 3.08. The van der Waals surface area contributed by atoms with Gasteiger partial charge in [-0.15, -0.1) is 0 Å². The molecule has 0 saturated carbocycles. The Kier molecular flexibility index (Phi) is 3.88. The summed E-state index contributed by atoms with van der Waals surface area (Å²) in [5.41, 5.74) is 0. The third kappa shape index (κ3) is 2.69. The number of hydrogen-bond donors (Lipinski definition) is 1. The average molecular weight is 327 g/mol. The van der Waals surface area contributed by atoms with Crippen molar-refractivity contribution in [3.63, 3.8) is 0 Å². The highest BCUT2D eigenvalue weighted by molar-refractivity contribution is 9.10. The lowest BCUT2D eigenvalue weighted by Gasteiger charge is -2.41. The van der Waals surface area contributed by atoms with Crippen LogP contribution < -0.4 is 10.2 Å². The van der Waals surface area contributed by atoms with E-state index in [1.165, 1.54) is 12.8 Å². The van der Waals surface area contributed by atoms with Crippen LogP contribution in [0.2, 0.25) is 0 Å². The molecular weight excluding hydrogens is 308 g/mol. The summed E-state index contributed by atoms with van der Waals surface area (Å²) in [5.74, 6) is 2.29. The van der Waals surface area contributed by atoms with Gasteiger partial charge in [0.2, 0.25) is 5.95 Å². The highest BCUT2D eigenvalue weighted by Crippen LogP contribution is 2.30. The van der Waals surface area contributed by atoms with Crippen LogP contribution in [0.1, 0.15) is 19.3 Å². The number of hydrogen-bond acceptors (Lipinski definition) is 5. The predicted octanol–water partition coefficient (Wildman–Crippen LogP) is 2.29. The van der Waals surface area contributed by atoms with Gasteiger partial charge in [0.25, 0.3) is 0 Å².